The van der Waals surface area contributed by atoms with Crippen molar-refractivity contribution in [3.05, 3.63) is 33.9 Å². The summed E-state index contributed by atoms with van der Waals surface area (Å²) < 4.78 is 0. The number of benzene rings is 1. The predicted octanol–water partition coefficient (Wildman–Crippen LogP) is 5.40. The van der Waals surface area contributed by atoms with E-state index in [1.165, 1.54) is 50.7 Å². The molecule has 128 valence electrons. The van der Waals surface area contributed by atoms with Crippen molar-refractivity contribution in [2.75, 3.05) is 0 Å². The van der Waals surface area contributed by atoms with Crippen LogP contribution in [-0.2, 0) is 0 Å². The highest BCUT2D eigenvalue weighted by atomic mass is 16.6. The van der Waals surface area contributed by atoms with Crippen LogP contribution in [0.2, 0.25) is 0 Å². The summed E-state index contributed by atoms with van der Waals surface area (Å²) in [4.78, 5) is 22.1. The van der Waals surface area contributed by atoms with E-state index in [1.807, 2.05) is 0 Å². The number of nitro benzene ring substituents is 1. The van der Waals surface area contributed by atoms with Crippen LogP contribution in [0.15, 0.2) is 18.2 Å². The van der Waals surface area contributed by atoms with Crippen LogP contribution in [0.1, 0.15) is 81.5 Å². The van der Waals surface area contributed by atoms with Crippen molar-refractivity contribution in [3.63, 3.8) is 0 Å². The predicted molar refractivity (Wildman–Crippen MR) is 90.9 cm³/mol. The van der Waals surface area contributed by atoms with Crippen molar-refractivity contribution in [3.8, 4) is 5.75 Å². The van der Waals surface area contributed by atoms with E-state index < -0.39 is 16.4 Å². The van der Waals surface area contributed by atoms with Gasteiger partial charge in [0, 0.05) is 18.1 Å². The summed E-state index contributed by atoms with van der Waals surface area (Å²) in [6.45, 7) is 2.21. The number of nitro groups is 1. The molecule has 0 atom stereocenters. The Balaban J connectivity index is 2.24. The number of hydrogen-bond acceptors (Lipinski definition) is 4. The highest BCUT2D eigenvalue weighted by molar-refractivity contribution is 5.96. The first-order valence-electron chi connectivity index (χ1n) is 8.57. The Morgan fingerprint density at radius 2 is 1.61 bits per heavy atom. The molecule has 0 aliphatic carbocycles. The number of carbonyl (C=O) groups is 1. The van der Waals surface area contributed by atoms with Gasteiger partial charge in [0.25, 0.3) is 0 Å². The highest BCUT2D eigenvalue weighted by Gasteiger charge is 2.16. The molecule has 0 unspecified atom stereocenters. The van der Waals surface area contributed by atoms with Gasteiger partial charge in [-0.25, -0.2) is 0 Å². The molecule has 23 heavy (non-hydrogen) atoms. The van der Waals surface area contributed by atoms with Crippen LogP contribution in [0, 0.1) is 10.1 Å². The zero-order valence-corrected chi connectivity index (χ0v) is 13.9. The van der Waals surface area contributed by atoms with Gasteiger partial charge in [-0.3, -0.25) is 14.9 Å². The fraction of sp³-hybridized carbons (Fsp3) is 0.611. The molecule has 0 heterocycles. The van der Waals surface area contributed by atoms with Crippen LogP contribution in [0.5, 0.6) is 5.75 Å². The minimum Gasteiger partial charge on any atom is -0.502 e. The first-order valence-corrected chi connectivity index (χ1v) is 8.57. The Hall–Kier alpha value is -1.91. The number of Topliss-reactive ketones (excluding diaryl/α,β-unsaturated/α-hetero) is 1. The average molecular weight is 321 g/mol. The normalized spacial score (nSPS) is 10.7. The molecule has 1 aromatic carbocycles. The van der Waals surface area contributed by atoms with E-state index in [2.05, 4.69) is 6.92 Å². The second kappa shape index (κ2) is 10.8. The number of phenolic OH excluding ortho intramolecular Hbond substituents is 1. The van der Waals surface area contributed by atoms with E-state index in [1.54, 1.807) is 0 Å². The Morgan fingerprint density at radius 1 is 1.04 bits per heavy atom. The molecule has 1 rings (SSSR count). The van der Waals surface area contributed by atoms with Gasteiger partial charge in [-0.2, -0.15) is 0 Å². The molecule has 5 heteroatoms. The second-order valence-electron chi connectivity index (χ2n) is 5.96. The molecule has 0 aliphatic rings. The number of aromatic hydroxyl groups is 1. The number of hydrogen-bond donors (Lipinski definition) is 1. The number of phenols is 1. The van der Waals surface area contributed by atoms with Gasteiger partial charge in [0.15, 0.2) is 11.5 Å². The van der Waals surface area contributed by atoms with E-state index in [9.17, 15) is 20.0 Å². The maximum absolute atomic E-state index is 12.0. The molecule has 5 nitrogen and oxygen atoms in total. The summed E-state index contributed by atoms with van der Waals surface area (Å²) in [6.07, 6.45) is 11.0. The standard InChI is InChI=1S/C18H27NO4/c1-2-3-4-5-6-7-8-9-10-11-17(20)15-12-13-18(21)16(14-15)19(22)23/h12-14,21H,2-11H2,1H3. The molecule has 1 aromatic rings. The van der Waals surface area contributed by atoms with E-state index in [0.717, 1.165) is 25.3 Å². The average Bonchev–Trinajstić information content (AvgIpc) is 2.53. The van der Waals surface area contributed by atoms with Crippen molar-refractivity contribution in [2.45, 2.75) is 71.1 Å². The molecular formula is C18H27NO4. The van der Waals surface area contributed by atoms with E-state index >= 15 is 0 Å². The fourth-order valence-corrected chi connectivity index (χ4v) is 2.58. The van der Waals surface area contributed by atoms with Crippen molar-refractivity contribution >= 4 is 11.5 Å². The number of ketones is 1. The summed E-state index contributed by atoms with van der Waals surface area (Å²) in [6, 6.07) is 3.81. The lowest BCUT2D eigenvalue weighted by Gasteiger charge is -2.03. The van der Waals surface area contributed by atoms with Crippen molar-refractivity contribution < 1.29 is 14.8 Å². The molecule has 0 amide bonds. The number of nitrogens with zero attached hydrogens (tertiary/aromatic N) is 1. The Kier molecular flexibility index (Phi) is 8.95. The molecule has 0 radical (unpaired) electrons. The lowest BCUT2D eigenvalue weighted by atomic mass is 10.0. The van der Waals surface area contributed by atoms with E-state index in [-0.39, 0.29) is 5.78 Å². The van der Waals surface area contributed by atoms with Gasteiger partial charge in [-0.1, -0.05) is 58.3 Å². The third kappa shape index (κ3) is 7.26. The quantitative estimate of drug-likeness (QED) is 0.242. The van der Waals surface area contributed by atoms with Crippen molar-refractivity contribution in [2.24, 2.45) is 0 Å². The molecule has 0 fully saturated rings. The molecular weight excluding hydrogens is 294 g/mol. The van der Waals surface area contributed by atoms with Crippen molar-refractivity contribution in [1.29, 1.82) is 0 Å². The summed E-state index contributed by atoms with van der Waals surface area (Å²) in [7, 11) is 0. The fourth-order valence-electron chi connectivity index (χ4n) is 2.58. The number of carbonyl (C=O) groups excluding carboxylic acids is 1. The van der Waals surface area contributed by atoms with Gasteiger partial charge in [0.1, 0.15) is 0 Å². The molecule has 0 saturated carbocycles. The monoisotopic (exact) mass is 321 g/mol. The lowest BCUT2D eigenvalue weighted by Crippen LogP contribution is -2.00. The Labute approximate surface area is 137 Å². The first-order chi connectivity index (χ1) is 11.1. The van der Waals surface area contributed by atoms with Crippen LogP contribution < -0.4 is 0 Å². The van der Waals surface area contributed by atoms with Gasteiger partial charge in [0.05, 0.1) is 4.92 Å². The minimum atomic E-state index is -0.676. The largest absolute Gasteiger partial charge is 0.502 e. The maximum Gasteiger partial charge on any atom is 0.311 e. The SMILES string of the molecule is CCCCCCCCCCCC(=O)c1ccc(O)c([N+](=O)[O-])c1. The molecule has 0 aromatic heterocycles. The zero-order chi connectivity index (χ0) is 17.1. The molecule has 0 bridgehead atoms. The lowest BCUT2D eigenvalue weighted by molar-refractivity contribution is -0.385. The van der Waals surface area contributed by atoms with Gasteiger partial charge in [-0.15, -0.1) is 0 Å². The number of rotatable bonds is 12. The van der Waals surface area contributed by atoms with Gasteiger partial charge < -0.3 is 5.11 Å². The summed E-state index contributed by atoms with van der Waals surface area (Å²) in [5.74, 6) is -0.509. The Morgan fingerprint density at radius 3 is 2.17 bits per heavy atom. The van der Waals surface area contributed by atoms with E-state index in [4.69, 9.17) is 0 Å². The second-order valence-corrected chi connectivity index (χ2v) is 5.96. The van der Waals surface area contributed by atoms with Gasteiger partial charge in [-0.05, 0) is 18.6 Å². The third-order valence-corrected chi connectivity index (χ3v) is 4.00. The van der Waals surface area contributed by atoms with Crippen LogP contribution >= 0.6 is 0 Å². The highest BCUT2D eigenvalue weighted by Crippen LogP contribution is 2.27. The third-order valence-electron chi connectivity index (χ3n) is 4.00. The van der Waals surface area contributed by atoms with E-state index in [0.29, 0.717) is 12.0 Å². The minimum absolute atomic E-state index is 0.101. The van der Waals surface area contributed by atoms with Gasteiger partial charge >= 0.3 is 5.69 Å². The smallest absolute Gasteiger partial charge is 0.311 e. The molecule has 0 spiro atoms. The summed E-state index contributed by atoms with van der Waals surface area (Å²) >= 11 is 0. The zero-order valence-electron chi connectivity index (χ0n) is 13.9. The topological polar surface area (TPSA) is 80.4 Å². The van der Waals surface area contributed by atoms with Crippen molar-refractivity contribution in [1.82, 2.24) is 0 Å². The summed E-state index contributed by atoms with van der Waals surface area (Å²) in [5.41, 5.74) is -0.114. The van der Waals surface area contributed by atoms with Crippen LogP contribution in [0.4, 0.5) is 5.69 Å². The first kappa shape index (κ1) is 19.1. The summed E-state index contributed by atoms with van der Waals surface area (Å²) in [5, 5.41) is 20.1. The maximum atomic E-state index is 12.0. The van der Waals surface area contributed by atoms with Crippen LogP contribution in [-0.4, -0.2) is 15.8 Å². The molecule has 0 saturated heterocycles. The Bertz CT molecular complexity index is 514. The van der Waals surface area contributed by atoms with Crippen LogP contribution in [0.25, 0.3) is 0 Å². The van der Waals surface area contributed by atoms with Gasteiger partial charge in [0.2, 0.25) is 0 Å². The number of unbranched alkanes of at least 4 members (excludes halogenated alkanes) is 8. The molecule has 1 N–H and O–H groups in total. The molecule has 0 aliphatic heterocycles. The van der Waals surface area contributed by atoms with Crippen LogP contribution in [0.3, 0.4) is 0 Å².